The molecule has 0 aliphatic rings. The highest BCUT2D eigenvalue weighted by molar-refractivity contribution is 6.61. The minimum Gasteiger partial charge on any atom is -0.434 e. The van der Waals surface area contributed by atoms with E-state index in [9.17, 15) is 9.59 Å². The van der Waals surface area contributed by atoms with Crippen LogP contribution < -0.4 is 0 Å². The lowest BCUT2D eigenvalue weighted by Crippen LogP contribution is -2.17. The lowest BCUT2D eigenvalue weighted by molar-refractivity contribution is -0.00145. The van der Waals surface area contributed by atoms with Crippen molar-refractivity contribution in [2.75, 3.05) is 93.5 Å². The van der Waals surface area contributed by atoms with Gasteiger partial charge < -0.3 is 47.7 Å². The van der Waals surface area contributed by atoms with Crippen molar-refractivity contribution in [2.24, 2.45) is 0 Å². The molecule has 0 aliphatic heterocycles. The molecule has 0 saturated carbocycles. The molecular weight excluding hydrogens is 575 g/mol. The van der Waals surface area contributed by atoms with Gasteiger partial charge in [-0.15, -0.1) is 0 Å². The van der Waals surface area contributed by atoms with E-state index in [1.807, 2.05) is 0 Å². The van der Waals surface area contributed by atoms with Gasteiger partial charge in [-0.3, -0.25) is 0 Å². The van der Waals surface area contributed by atoms with E-state index in [-0.39, 0.29) is 20.6 Å². The van der Waals surface area contributed by atoms with Crippen molar-refractivity contribution in [2.45, 2.75) is 45.2 Å². The second-order valence-corrected chi connectivity index (χ2v) is 7.65. The number of halogens is 3. The number of aliphatic hydroxyl groups excluding tert-OH is 1. The van der Waals surface area contributed by atoms with Crippen LogP contribution in [0.3, 0.4) is 0 Å². The zero-order chi connectivity index (χ0) is 28.6. The second-order valence-electron chi connectivity index (χ2n) is 6.37. The summed E-state index contributed by atoms with van der Waals surface area (Å²) >= 11 is 15.7. The fraction of sp³-hybridized carbons (Fsp3) is 0.913. The molecule has 0 aromatic heterocycles. The number of hydrogen-bond acceptors (Lipinski definition) is 12. The van der Waals surface area contributed by atoms with Gasteiger partial charge in [-0.1, -0.05) is 44.5 Å². The normalized spacial score (nSPS) is 11.5. The number of ether oxygens (including phenoxy) is 9. The molecule has 0 aliphatic carbocycles. The summed E-state index contributed by atoms with van der Waals surface area (Å²) in [6.45, 7) is 8.78. The van der Waals surface area contributed by atoms with E-state index in [2.05, 4.69) is 9.47 Å². The summed E-state index contributed by atoms with van der Waals surface area (Å²) in [7, 11) is 3.24. The molecule has 0 aromatic carbocycles. The van der Waals surface area contributed by atoms with E-state index < -0.39 is 22.7 Å². The molecule has 0 bridgehead atoms. The molecule has 15 heteroatoms. The lowest BCUT2D eigenvalue weighted by atomic mass is 10.5. The number of carbonyl (C=O) groups is 2. The molecule has 0 saturated heterocycles. The third-order valence-corrected chi connectivity index (χ3v) is 4.26. The van der Waals surface area contributed by atoms with Gasteiger partial charge in [0, 0.05) is 25.8 Å². The minimum atomic E-state index is -0.855. The molecule has 0 spiro atoms. The monoisotopic (exact) mass is 620 g/mol. The Hall–Kier alpha value is -0.670. The van der Waals surface area contributed by atoms with E-state index in [1.54, 1.807) is 28.1 Å². The van der Waals surface area contributed by atoms with Crippen LogP contribution in [0.15, 0.2) is 0 Å². The molecule has 2 atom stereocenters. The Morgan fingerprint density at radius 1 is 0.658 bits per heavy atom. The number of aliphatic hydroxyl groups is 1. The van der Waals surface area contributed by atoms with Crippen molar-refractivity contribution >= 4 is 46.4 Å². The first-order chi connectivity index (χ1) is 17.8. The molecule has 1 N–H and O–H groups in total. The predicted octanol–water partition coefficient (Wildman–Crippen LogP) is 4.43. The number of methoxy groups -OCH3 is 2. The fourth-order valence-corrected chi connectivity index (χ4v) is 1.89. The van der Waals surface area contributed by atoms with Crippen LogP contribution in [0.2, 0.25) is 0 Å². The quantitative estimate of drug-likeness (QED) is 0.0840. The van der Waals surface area contributed by atoms with Crippen LogP contribution >= 0.6 is 34.8 Å². The number of hydrogen-bond donors (Lipinski definition) is 1. The number of rotatable bonds is 21. The van der Waals surface area contributed by atoms with Crippen molar-refractivity contribution < 1.29 is 57.3 Å². The zero-order valence-electron chi connectivity index (χ0n) is 22.1. The van der Waals surface area contributed by atoms with Gasteiger partial charge in [-0.25, -0.2) is 9.59 Å². The van der Waals surface area contributed by atoms with Crippen molar-refractivity contribution in [1.29, 1.82) is 0 Å². The Labute approximate surface area is 242 Å². The maximum atomic E-state index is 11.0. The van der Waals surface area contributed by atoms with E-state index in [0.29, 0.717) is 78.9 Å². The number of alkyl halides is 2. The highest BCUT2D eigenvalue weighted by Gasteiger charge is 2.09. The summed E-state index contributed by atoms with van der Waals surface area (Å²) < 4.78 is 43.6. The largest absolute Gasteiger partial charge is 0.509 e. The van der Waals surface area contributed by atoms with E-state index in [1.165, 1.54) is 0 Å². The standard InChI is InChI=1S/C11H21ClO6.C7H16O4.C4H6Cl2O2.CH4/c1-3-10(12)18-11(13)17-9-8-16-7-6-15-5-4-14-2;1-9-4-5-11-7-6-10-3-2-8;1-2-3(5)8-4(6)7;/h10H,3-9H2,1-2H3;8H,2-7H2,1H3;3H,2H2,1H3;1H4. The third-order valence-electron chi connectivity index (χ3n) is 3.38. The van der Waals surface area contributed by atoms with Gasteiger partial charge in [0.25, 0.3) is 0 Å². The first kappa shape index (κ1) is 44.4. The van der Waals surface area contributed by atoms with Crippen LogP contribution in [-0.4, -0.2) is 121 Å². The highest BCUT2D eigenvalue weighted by atomic mass is 35.5. The molecule has 232 valence electrons. The van der Waals surface area contributed by atoms with Crippen molar-refractivity contribution in [1.82, 2.24) is 0 Å². The first-order valence-corrected chi connectivity index (χ1v) is 12.9. The van der Waals surface area contributed by atoms with Gasteiger partial charge in [0.1, 0.15) is 6.61 Å². The topological polar surface area (TPSA) is 137 Å². The van der Waals surface area contributed by atoms with Crippen LogP contribution in [0.1, 0.15) is 34.1 Å². The van der Waals surface area contributed by atoms with Crippen molar-refractivity contribution in [3.05, 3.63) is 0 Å². The van der Waals surface area contributed by atoms with Crippen LogP contribution in [0.4, 0.5) is 9.59 Å². The molecule has 0 heterocycles. The molecule has 12 nitrogen and oxygen atoms in total. The summed E-state index contributed by atoms with van der Waals surface area (Å²) in [5.41, 5.74) is -2.08. The van der Waals surface area contributed by atoms with Crippen LogP contribution in [0.25, 0.3) is 0 Å². The van der Waals surface area contributed by atoms with E-state index in [4.69, 9.17) is 73.1 Å². The third kappa shape index (κ3) is 45.3. The Kier molecular flexibility index (Phi) is 44.9. The van der Waals surface area contributed by atoms with Crippen LogP contribution in [-0.2, 0) is 42.6 Å². The molecular formula is C23H47Cl3O12. The maximum absolute atomic E-state index is 11.0. The maximum Gasteiger partial charge on any atom is 0.509 e. The Morgan fingerprint density at radius 3 is 1.37 bits per heavy atom. The van der Waals surface area contributed by atoms with Gasteiger partial charge in [-0.2, -0.15) is 0 Å². The Bertz CT molecular complexity index is 471. The Balaban J connectivity index is -0.000000247. The molecule has 2 unspecified atom stereocenters. The SMILES string of the molecule is C.CCC(Cl)OC(=O)Cl.CCC(Cl)OC(=O)OCCOCCOCCOC.COCCOCCOCCO. The van der Waals surface area contributed by atoms with Gasteiger partial charge in [0.15, 0.2) is 11.1 Å². The fourth-order valence-electron chi connectivity index (χ4n) is 1.58. The molecule has 38 heavy (non-hydrogen) atoms. The summed E-state index contributed by atoms with van der Waals surface area (Å²) in [6, 6.07) is 0. The smallest absolute Gasteiger partial charge is 0.434 e. The average molecular weight is 622 g/mol. The van der Waals surface area contributed by atoms with E-state index >= 15 is 0 Å². The molecule has 0 radical (unpaired) electrons. The zero-order valence-corrected chi connectivity index (χ0v) is 24.4. The van der Waals surface area contributed by atoms with Crippen molar-refractivity contribution in [3.8, 4) is 0 Å². The average Bonchev–Trinajstić information content (AvgIpc) is 2.87. The first-order valence-electron chi connectivity index (χ1n) is 11.7. The molecule has 0 aromatic rings. The molecule has 0 fully saturated rings. The summed E-state index contributed by atoms with van der Waals surface area (Å²) in [4.78, 5) is 20.9. The van der Waals surface area contributed by atoms with Gasteiger partial charge in [-0.05, 0) is 12.8 Å². The lowest BCUT2D eigenvalue weighted by Gasteiger charge is -2.09. The minimum absolute atomic E-state index is 0. The predicted molar refractivity (Wildman–Crippen MR) is 145 cm³/mol. The van der Waals surface area contributed by atoms with Crippen molar-refractivity contribution in [3.63, 3.8) is 0 Å². The van der Waals surface area contributed by atoms with E-state index in [0.717, 1.165) is 0 Å². The Morgan fingerprint density at radius 2 is 1.03 bits per heavy atom. The molecule has 0 amide bonds. The van der Waals surface area contributed by atoms with Gasteiger partial charge in [0.2, 0.25) is 0 Å². The number of carbonyl (C=O) groups excluding carboxylic acids is 2. The van der Waals surface area contributed by atoms with Gasteiger partial charge >= 0.3 is 11.6 Å². The summed E-state index contributed by atoms with van der Waals surface area (Å²) in [5.74, 6) is 0. The van der Waals surface area contributed by atoms with Gasteiger partial charge in [0.05, 0.1) is 72.7 Å². The van der Waals surface area contributed by atoms with Crippen LogP contribution in [0.5, 0.6) is 0 Å². The highest BCUT2D eigenvalue weighted by Crippen LogP contribution is 2.05. The molecule has 0 rings (SSSR count). The second kappa shape index (κ2) is 38.5. The summed E-state index contributed by atoms with van der Waals surface area (Å²) in [6.07, 6.45) is 0.322. The van der Waals surface area contributed by atoms with Crippen LogP contribution in [0, 0.1) is 0 Å². The summed E-state index contributed by atoms with van der Waals surface area (Å²) in [5, 5.41) is 8.32.